The third-order valence-electron chi connectivity index (χ3n) is 0.516. The summed E-state index contributed by atoms with van der Waals surface area (Å²) in [5.74, 6) is 0. The van der Waals surface area contributed by atoms with Crippen LogP contribution in [0.25, 0.3) is 0 Å². The molecule has 1 nitrogen and oxygen atoms in total. The molecule has 0 atom stereocenters. The highest BCUT2D eigenvalue weighted by atomic mass is 32.1. The Bertz CT molecular complexity index is 45.5. The molecule has 0 aliphatic carbocycles. The number of hydrogen-bond acceptors (Lipinski definition) is 2. The smallest absolute Gasteiger partial charge is 0.158 e. The van der Waals surface area contributed by atoms with Crippen molar-refractivity contribution in [3.8, 4) is 0 Å². The summed E-state index contributed by atoms with van der Waals surface area (Å²) in [4.78, 5) is 0. The van der Waals surface area contributed by atoms with Crippen molar-refractivity contribution in [1.29, 1.82) is 0 Å². The second kappa shape index (κ2) is 3.09. The molecular formula is C4H8OS. The minimum absolute atomic E-state index is 0.676. The van der Waals surface area contributed by atoms with Crippen molar-refractivity contribution in [2.75, 3.05) is 7.11 Å². The number of ether oxygens (including phenoxy) is 1. The van der Waals surface area contributed by atoms with Gasteiger partial charge in [-0.2, -0.15) is 0 Å². The molecule has 0 saturated carbocycles. The van der Waals surface area contributed by atoms with Crippen LogP contribution in [-0.4, -0.2) is 12.2 Å². The van der Waals surface area contributed by atoms with Gasteiger partial charge in [0.2, 0.25) is 0 Å². The highest BCUT2D eigenvalue weighted by Crippen LogP contribution is 1.81. The van der Waals surface area contributed by atoms with Crippen LogP contribution in [0.4, 0.5) is 0 Å². The first-order valence-corrected chi connectivity index (χ1v) is 2.29. The van der Waals surface area contributed by atoms with Crippen molar-refractivity contribution in [3.05, 3.63) is 0 Å². The van der Waals surface area contributed by atoms with E-state index in [0.717, 1.165) is 6.42 Å². The Hall–Kier alpha value is -0.110. The summed E-state index contributed by atoms with van der Waals surface area (Å²) in [6, 6.07) is 0. The maximum absolute atomic E-state index is 4.63. The molecule has 0 amide bonds. The molecule has 0 spiro atoms. The second-order valence-electron chi connectivity index (χ2n) is 0.930. The van der Waals surface area contributed by atoms with Crippen LogP contribution in [-0.2, 0) is 4.74 Å². The van der Waals surface area contributed by atoms with Crippen molar-refractivity contribution in [1.82, 2.24) is 0 Å². The van der Waals surface area contributed by atoms with Crippen LogP contribution in [0.1, 0.15) is 13.3 Å². The normalized spacial score (nSPS) is 7.67. The molecule has 0 aromatic rings. The molecule has 0 bridgehead atoms. The molecule has 0 saturated heterocycles. The van der Waals surface area contributed by atoms with E-state index in [4.69, 9.17) is 0 Å². The van der Waals surface area contributed by atoms with Crippen LogP contribution in [0.5, 0.6) is 0 Å². The quantitative estimate of drug-likeness (QED) is 0.465. The second-order valence-corrected chi connectivity index (χ2v) is 1.39. The Morgan fingerprint density at radius 2 is 2.33 bits per heavy atom. The molecule has 0 rings (SSSR count). The van der Waals surface area contributed by atoms with Gasteiger partial charge in [0.1, 0.15) is 0 Å². The highest BCUT2D eigenvalue weighted by Gasteiger charge is 1.81. The number of methoxy groups -OCH3 is 1. The van der Waals surface area contributed by atoms with E-state index in [2.05, 4.69) is 17.0 Å². The van der Waals surface area contributed by atoms with Gasteiger partial charge in [0.15, 0.2) is 5.05 Å². The zero-order valence-electron chi connectivity index (χ0n) is 4.02. The zero-order valence-corrected chi connectivity index (χ0v) is 4.84. The van der Waals surface area contributed by atoms with E-state index < -0.39 is 0 Å². The molecular weight excluding hydrogens is 96.1 g/mol. The van der Waals surface area contributed by atoms with Gasteiger partial charge in [-0.3, -0.25) is 0 Å². The predicted octanol–water partition coefficient (Wildman–Crippen LogP) is 1.37. The summed E-state index contributed by atoms with van der Waals surface area (Å²) in [7, 11) is 1.59. The first-order valence-electron chi connectivity index (χ1n) is 1.88. The lowest BCUT2D eigenvalue weighted by molar-refractivity contribution is 0.404. The molecule has 0 aromatic heterocycles. The monoisotopic (exact) mass is 104 g/mol. The summed E-state index contributed by atoms with van der Waals surface area (Å²) in [6.07, 6.45) is 0.839. The minimum Gasteiger partial charge on any atom is -0.490 e. The summed E-state index contributed by atoms with van der Waals surface area (Å²) in [5, 5.41) is 0.676. The largest absolute Gasteiger partial charge is 0.490 e. The van der Waals surface area contributed by atoms with Gasteiger partial charge in [0, 0.05) is 6.42 Å². The van der Waals surface area contributed by atoms with E-state index in [1.807, 2.05) is 6.92 Å². The van der Waals surface area contributed by atoms with E-state index in [0.29, 0.717) is 5.05 Å². The van der Waals surface area contributed by atoms with E-state index in [9.17, 15) is 0 Å². The fourth-order valence-electron chi connectivity index (χ4n) is 0.144. The third-order valence-corrected chi connectivity index (χ3v) is 0.972. The lowest BCUT2D eigenvalue weighted by atomic mass is 10.5. The Morgan fingerprint density at radius 1 is 1.83 bits per heavy atom. The molecule has 0 aliphatic rings. The van der Waals surface area contributed by atoms with E-state index in [1.165, 1.54) is 0 Å². The molecule has 2 heteroatoms. The van der Waals surface area contributed by atoms with Crippen molar-refractivity contribution in [3.63, 3.8) is 0 Å². The standard InChI is InChI=1S/C4H8OS/c1-3-4(6)5-2/h3H2,1-2H3. The van der Waals surface area contributed by atoms with Crippen LogP contribution in [0, 0.1) is 0 Å². The summed E-state index contributed by atoms with van der Waals surface area (Å²) in [5.41, 5.74) is 0. The van der Waals surface area contributed by atoms with Crippen molar-refractivity contribution in [2.24, 2.45) is 0 Å². The highest BCUT2D eigenvalue weighted by molar-refractivity contribution is 7.80. The van der Waals surface area contributed by atoms with Crippen LogP contribution in [0.15, 0.2) is 0 Å². The van der Waals surface area contributed by atoms with Gasteiger partial charge in [0.25, 0.3) is 0 Å². The third kappa shape index (κ3) is 2.15. The minimum atomic E-state index is 0.676. The molecule has 0 aromatic carbocycles. The fraction of sp³-hybridized carbons (Fsp3) is 0.750. The van der Waals surface area contributed by atoms with Crippen LogP contribution in [0.2, 0.25) is 0 Å². The first kappa shape index (κ1) is 5.89. The van der Waals surface area contributed by atoms with E-state index in [-0.39, 0.29) is 0 Å². The molecule has 6 heavy (non-hydrogen) atoms. The van der Waals surface area contributed by atoms with Crippen molar-refractivity contribution in [2.45, 2.75) is 13.3 Å². The van der Waals surface area contributed by atoms with Crippen molar-refractivity contribution < 1.29 is 4.74 Å². The average molecular weight is 104 g/mol. The molecule has 0 unspecified atom stereocenters. The Kier molecular flexibility index (Phi) is 3.04. The molecule has 0 fully saturated rings. The van der Waals surface area contributed by atoms with Gasteiger partial charge in [-0.15, -0.1) is 0 Å². The molecule has 0 radical (unpaired) electrons. The van der Waals surface area contributed by atoms with Gasteiger partial charge in [-0.1, -0.05) is 6.92 Å². The molecule has 0 N–H and O–H groups in total. The van der Waals surface area contributed by atoms with Crippen molar-refractivity contribution >= 4 is 17.3 Å². The maximum Gasteiger partial charge on any atom is 0.158 e. The van der Waals surface area contributed by atoms with Crippen LogP contribution in [0.3, 0.4) is 0 Å². The van der Waals surface area contributed by atoms with Crippen LogP contribution < -0.4 is 0 Å². The van der Waals surface area contributed by atoms with Gasteiger partial charge < -0.3 is 4.74 Å². The van der Waals surface area contributed by atoms with Gasteiger partial charge in [0.05, 0.1) is 7.11 Å². The lowest BCUT2D eigenvalue weighted by Crippen LogP contribution is -1.91. The van der Waals surface area contributed by atoms with Gasteiger partial charge in [-0.05, 0) is 12.2 Å². The summed E-state index contributed by atoms with van der Waals surface area (Å²) < 4.78 is 4.63. The van der Waals surface area contributed by atoms with Gasteiger partial charge in [-0.25, -0.2) is 0 Å². The fourth-order valence-corrected chi connectivity index (χ4v) is 0.144. The molecule has 0 aliphatic heterocycles. The average Bonchev–Trinajstić information content (AvgIpc) is 1.65. The maximum atomic E-state index is 4.63. The summed E-state index contributed by atoms with van der Waals surface area (Å²) >= 11 is 4.63. The van der Waals surface area contributed by atoms with E-state index >= 15 is 0 Å². The lowest BCUT2D eigenvalue weighted by Gasteiger charge is -1.91. The zero-order chi connectivity index (χ0) is 4.99. The molecule has 0 heterocycles. The molecule has 36 valence electrons. The van der Waals surface area contributed by atoms with Crippen LogP contribution >= 0.6 is 12.2 Å². The number of hydrogen-bond donors (Lipinski definition) is 0. The van der Waals surface area contributed by atoms with E-state index in [1.54, 1.807) is 7.11 Å². The van der Waals surface area contributed by atoms with Gasteiger partial charge >= 0.3 is 0 Å². The SMILES string of the molecule is CCC(=S)OC. The topological polar surface area (TPSA) is 9.23 Å². The first-order chi connectivity index (χ1) is 2.81. The summed E-state index contributed by atoms with van der Waals surface area (Å²) in [6.45, 7) is 1.96. The Balaban J connectivity index is 2.99. The number of thiocarbonyl (C=S) groups is 1. The Morgan fingerprint density at radius 3 is 2.33 bits per heavy atom. The number of rotatable bonds is 1. The predicted molar refractivity (Wildman–Crippen MR) is 29.9 cm³/mol. The Labute approximate surface area is 43.3 Å².